The quantitative estimate of drug-likeness (QED) is 0.865. The van der Waals surface area contributed by atoms with Gasteiger partial charge in [-0.2, -0.15) is 0 Å². The van der Waals surface area contributed by atoms with Crippen LogP contribution in [0.4, 0.5) is 5.69 Å². The van der Waals surface area contributed by atoms with Crippen molar-refractivity contribution >= 4 is 23.2 Å². The maximum absolute atomic E-state index is 12.0. The van der Waals surface area contributed by atoms with Crippen molar-refractivity contribution in [2.75, 3.05) is 12.4 Å². The number of benzene rings is 1. The van der Waals surface area contributed by atoms with Gasteiger partial charge in [-0.1, -0.05) is 24.9 Å². The lowest BCUT2D eigenvalue weighted by Gasteiger charge is -2.23. The average molecular weight is 271 g/mol. The molecule has 1 aromatic carbocycles. The van der Waals surface area contributed by atoms with Crippen molar-refractivity contribution in [2.24, 2.45) is 5.73 Å². The summed E-state index contributed by atoms with van der Waals surface area (Å²) in [7, 11) is 1.52. The lowest BCUT2D eigenvalue weighted by atomic mass is 9.96. The molecular weight excluding hydrogens is 252 g/mol. The highest BCUT2D eigenvalue weighted by Crippen LogP contribution is 2.27. The number of amides is 1. The Kier molecular flexibility index (Phi) is 4.99. The van der Waals surface area contributed by atoms with Crippen molar-refractivity contribution in [1.82, 2.24) is 0 Å². The molecule has 0 aliphatic rings. The van der Waals surface area contributed by atoms with Crippen molar-refractivity contribution < 1.29 is 9.53 Å². The van der Waals surface area contributed by atoms with Crippen molar-refractivity contribution in [3.05, 3.63) is 23.2 Å². The van der Waals surface area contributed by atoms with Crippen LogP contribution in [-0.4, -0.2) is 18.6 Å². The van der Waals surface area contributed by atoms with E-state index in [9.17, 15) is 4.79 Å². The smallest absolute Gasteiger partial charge is 0.244 e. The second-order valence-corrected chi connectivity index (χ2v) is 4.88. The van der Waals surface area contributed by atoms with Crippen molar-refractivity contribution in [2.45, 2.75) is 32.2 Å². The van der Waals surface area contributed by atoms with E-state index in [1.54, 1.807) is 25.1 Å². The summed E-state index contributed by atoms with van der Waals surface area (Å²) in [6, 6.07) is 5.05. The molecule has 5 heteroatoms. The third-order valence-corrected chi connectivity index (χ3v) is 3.01. The van der Waals surface area contributed by atoms with Gasteiger partial charge in [-0.3, -0.25) is 4.79 Å². The monoisotopic (exact) mass is 270 g/mol. The molecule has 100 valence electrons. The molecule has 1 aromatic rings. The highest BCUT2D eigenvalue weighted by molar-refractivity contribution is 6.32. The molecule has 0 aliphatic heterocycles. The van der Waals surface area contributed by atoms with E-state index in [0.29, 0.717) is 22.9 Å². The van der Waals surface area contributed by atoms with Gasteiger partial charge in [0.15, 0.2) is 0 Å². The van der Waals surface area contributed by atoms with Gasteiger partial charge in [-0.05, 0) is 25.5 Å². The fourth-order valence-corrected chi connectivity index (χ4v) is 1.84. The normalized spacial score (nSPS) is 13.8. The summed E-state index contributed by atoms with van der Waals surface area (Å²) in [6.07, 6.45) is 1.48. The van der Waals surface area contributed by atoms with Crippen molar-refractivity contribution in [3.63, 3.8) is 0 Å². The summed E-state index contributed by atoms with van der Waals surface area (Å²) in [5.74, 6) is 0.303. The minimum atomic E-state index is -0.873. The largest absolute Gasteiger partial charge is 0.495 e. The first kappa shape index (κ1) is 14.8. The van der Waals surface area contributed by atoms with Crippen LogP contribution < -0.4 is 15.8 Å². The summed E-state index contributed by atoms with van der Waals surface area (Å²) < 4.78 is 5.09. The number of hydrogen-bond acceptors (Lipinski definition) is 3. The highest BCUT2D eigenvalue weighted by Gasteiger charge is 2.27. The molecule has 3 N–H and O–H groups in total. The molecule has 18 heavy (non-hydrogen) atoms. The van der Waals surface area contributed by atoms with Gasteiger partial charge in [0.1, 0.15) is 5.75 Å². The topological polar surface area (TPSA) is 64.4 Å². The second-order valence-electron chi connectivity index (χ2n) is 4.47. The van der Waals surface area contributed by atoms with Gasteiger partial charge in [-0.25, -0.2) is 0 Å². The summed E-state index contributed by atoms with van der Waals surface area (Å²) in [5, 5.41) is 3.27. The third-order valence-electron chi connectivity index (χ3n) is 2.70. The van der Waals surface area contributed by atoms with Gasteiger partial charge in [0.05, 0.1) is 17.7 Å². The molecule has 1 amide bonds. The molecule has 0 fully saturated rings. The number of hydrogen-bond donors (Lipinski definition) is 2. The maximum atomic E-state index is 12.0. The number of carbonyl (C=O) groups excluding carboxylic acids is 1. The number of ether oxygens (including phenoxy) is 1. The zero-order valence-electron chi connectivity index (χ0n) is 10.9. The van der Waals surface area contributed by atoms with Gasteiger partial charge in [0.2, 0.25) is 5.91 Å². The highest BCUT2D eigenvalue weighted by atomic mass is 35.5. The van der Waals surface area contributed by atoms with E-state index in [1.165, 1.54) is 7.11 Å². The summed E-state index contributed by atoms with van der Waals surface area (Å²) in [5.41, 5.74) is 5.70. The maximum Gasteiger partial charge on any atom is 0.244 e. The molecule has 0 radical (unpaired) electrons. The standard InChI is InChI=1S/C13H19ClN2O2/c1-4-7-13(2,15)12(17)16-9-5-6-10(14)11(8-9)18-3/h5-6,8H,4,7,15H2,1-3H3,(H,16,17). The Balaban J connectivity index is 2.82. The van der Waals surface area contributed by atoms with Gasteiger partial charge in [0, 0.05) is 11.8 Å². The SMILES string of the molecule is CCCC(C)(N)C(=O)Nc1ccc(Cl)c(OC)c1. The molecule has 0 saturated heterocycles. The van der Waals surface area contributed by atoms with E-state index in [4.69, 9.17) is 22.1 Å². The van der Waals surface area contributed by atoms with Crippen LogP contribution in [0.2, 0.25) is 5.02 Å². The zero-order valence-corrected chi connectivity index (χ0v) is 11.7. The Morgan fingerprint density at radius 1 is 1.56 bits per heavy atom. The van der Waals surface area contributed by atoms with E-state index in [2.05, 4.69) is 5.32 Å². The van der Waals surface area contributed by atoms with Crippen molar-refractivity contribution in [1.29, 1.82) is 0 Å². The Labute approximate surface area is 112 Å². The predicted octanol–water partition coefficient (Wildman–Crippen LogP) is 2.80. The summed E-state index contributed by atoms with van der Waals surface area (Å²) >= 11 is 5.91. The van der Waals surface area contributed by atoms with Crippen molar-refractivity contribution in [3.8, 4) is 5.75 Å². The number of nitrogens with two attached hydrogens (primary N) is 1. The lowest BCUT2D eigenvalue weighted by Crippen LogP contribution is -2.48. The van der Waals surface area contributed by atoms with Crippen LogP contribution in [0.15, 0.2) is 18.2 Å². The van der Waals surface area contributed by atoms with Crippen LogP contribution in [0.25, 0.3) is 0 Å². The number of halogens is 1. The fourth-order valence-electron chi connectivity index (χ4n) is 1.64. The molecule has 0 aromatic heterocycles. The molecule has 0 spiro atoms. The summed E-state index contributed by atoms with van der Waals surface area (Å²) in [6.45, 7) is 3.71. The third kappa shape index (κ3) is 3.62. The first-order valence-corrected chi connectivity index (χ1v) is 6.22. The van der Waals surface area contributed by atoms with Crippen LogP contribution in [-0.2, 0) is 4.79 Å². The van der Waals surface area contributed by atoms with Gasteiger partial charge < -0.3 is 15.8 Å². The molecule has 0 saturated carbocycles. The average Bonchev–Trinajstić information content (AvgIpc) is 2.31. The minimum Gasteiger partial charge on any atom is -0.495 e. The predicted molar refractivity (Wildman–Crippen MR) is 74.1 cm³/mol. The van der Waals surface area contributed by atoms with Gasteiger partial charge in [0.25, 0.3) is 0 Å². The lowest BCUT2D eigenvalue weighted by molar-refractivity contribution is -0.120. The minimum absolute atomic E-state index is 0.214. The van der Waals surface area contributed by atoms with E-state index in [0.717, 1.165) is 6.42 Å². The number of rotatable bonds is 5. The molecule has 1 atom stereocenters. The number of anilines is 1. The molecule has 1 unspecified atom stereocenters. The fraction of sp³-hybridized carbons (Fsp3) is 0.462. The first-order chi connectivity index (χ1) is 8.40. The number of nitrogens with one attached hydrogen (secondary N) is 1. The first-order valence-electron chi connectivity index (χ1n) is 5.84. The molecule has 0 heterocycles. The van der Waals surface area contributed by atoms with Crippen LogP contribution in [0, 0.1) is 0 Å². The van der Waals surface area contributed by atoms with E-state index in [1.807, 2.05) is 6.92 Å². The van der Waals surface area contributed by atoms with Crippen LogP contribution in [0.3, 0.4) is 0 Å². The Hall–Kier alpha value is -1.26. The Morgan fingerprint density at radius 2 is 2.22 bits per heavy atom. The Morgan fingerprint density at radius 3 is 2.78 bits per heavy atom. The number of methoxy groups -OCH3 is 1. The van der Waals surface area contributed by atoms with E-state index in [-0.39, 0.29) is 5.91 Å². The van der Waals surface area contributed by atoms with E-state index < -0.39 is 5.54 Å². The molecule has 1 rings (SSSR count). The number of carbonyl (C=O) groups is 1. The van der Waals surface area contributed by atoms with Crippen LogP contribution >= 0.6 is 11.6 Å². The summed E-state index contributed by atoms with van der Waals surface area (Å²) in [4.78, 5) is 12.0. The molecular formula is C13H19ClN2O2. The second kappa shape index (κ2) is 6.07. The zero-order chi connectivity index (χ0) is 13.8. The van der Waals surface area contributed by atoms with Gasteiger partial charge in [-0.15, -0.1) is 0 Å². The van der Waals surface area contributed by atoms with E-state index >= 15 is 0 Å². The van der Waals surface area contributed by atoms with Crippen LogP contribution in [0.5, 0.6) is 5.75 Å². The molecule has 4 nitrogen and oxygen atoms in total. The molecule has 0 aliphatic carbocycles. The van der Waals surface area contributed by atoms with Gasteiger partial charge >= 0.3 is 0 Å². The van der Waals surface area contributed by atoms with Crippen LogP contribution in [0.1, 0.15) is 26.7 Å². The Bertz CT molecular complexity index is 433. The molecule has 0 bridgehead atoms.